The summed E-state index contributed by atoms with van der Waals surface area (Å²) in [6.45, 7) is 3.70. The molecule has 1 atom stereocenters. The first-order chi connectivity index (χ1) is 4.84. The first kappa shape index (κ1) is 8.32. The second-order valence-corrected chi connectivity index (χ2v) is 4.25. The quantitative estimate of drug-likeness (QED) is 0.364. The van der Waals surface area contributed by atoms with Crippen LogP contribution >= 0.6 is 15.9 Å². The summed E-state index contributed by atoms with van der Waals surface area (Å²) in [4.78, 5) is 0.799. The van der Waals surface area contributed by atoms with E-state index in [2.05, 4.69) is 22.5 Å². The van der Waals surface area contributed by atoms with Gasteiger partial charge in [-0.05, 0) is 38.0 Å². The molecule has 0 amide bonds. The fourth-order valence-electron chi connectivity index (χ4n) is 1.15. The second-order valence-electron chi connectivity index (χ2n) is 3.07. The Morgan fingerprint density at radius 3 is 2.80 bits per heavy atom. The standard InChI is InChI=1S/C9H15Br/c1-2-3-4-5-9(10)8-6-7-8/h2,8-9H,1,3-7H2. The summed E-state index contributed by atoms with van der Waals surface area (Å²) in [6, 6.07) is 0. The van der Waals surface area contributed by atoms with E-state index in [1.54, 1.807) is 0 Å². The van der Waals surface area contributed by atoms with Gasteiger partial charge in [0.15, 0.2) is 0 Å². The Morgan fingerprint density at radius 1 is 1.60 bits per heavy atom. The van der Waals surface area contributed by atoms with Crippen LogP contribution in [0.2, 0.25) is 0 Å². The lowest BCUT2D eigenvalue weighted by Gasteiger charge is -2.04. The van der Waals surface area contributed by atoms with E-state index in [0.717, 1.165) is 10.7 Å². The van der Waals surface area contributed by atoms with Gasteiger partial charge >= 0.3 is 0 Å². The Kier molecular flexibility index (Phi) is 3.47. The van der Waals surface area contributed by atoms with Crippen LogP contribution in [0.3, 0.4) is 0 Å². The molecule has 0 aliphatic heterocycles. The Hall–Kier alpha value is 0.220. The highest BCUT2D eigenvalue weighted by molar-refractivity contribution is 9.09. The zero-order valence-electron chi connectivity index (χ0n) is 6.35. The molecule has 0 radical (unpaired) electrons. The van der Waals surface area contributed by atoms with Crippen molar-refractivity contribution in [3.05, 3.63) is 12.7 Å². The fraction of sp³-hybridized carbons (Fsp3) is 0.778. The minimum Gasteiger partial charge on any atom is -0.103 e. The molecule has 0 aromatic carbocycles. The lowest BCUT2D eigenvalue weighted by Crippen LogP contribution is -1.98. The zero-order chi connectivity index (χ0) is 7.40. The summed E-state index contributed by atoms with van der Waals surface area (Å²) in [6.07, 6.45) is 8.71. The predicted octanol–water partition coefficient (Wildman–Crippen LogP) is 3.52. The van der Waals surface area contributed by atoms with Crippen molar-refractivity contribution in [2.24, 2.45) is 5.92 Å². The summed E-state index contributed by atoms with van der Waals surface area (Å²) in [5.74, 6) is 1.00. The summed E-state index contributed by atoms with van der Waals surface area (Å²) < 4.78 is 0. The molecule has 0 spiro atoms. The SMILES string of the molecule is C=CCCCC(Br)C1CC1. The van der Waals surface area contributed by atoms with Gasteiger partial charge in [-0.3, -0.25) is 0 Å². The van der Waals surface area contributed by atoms with Gasteiger partial charge in [-0.2, -0.15) is 0 Å². The van der Waals surface area contributed by atoms with Crippen molar-refractivity contribution in [1.29, 1.82) is 0 Å². The van der Waals surface area contributed by atoms with E-state index in [9.17, 15) is 0 Å². The summed E-state index contributed by atoms with van der Waals surface area (Å²) in [5, 5.41) is 0. The maximum absolute atomic E-state index is 3.70. The molecule has 0 bridgehead atoms. The van der Waals surface area contributed by atoms with Crippen LogP contribution in [0, 0.1) is 5.92 Å². The number of halogens is 1. The average Bonchev–Trinajstić information content (AvgIpc) is 2.69. The van der Waals surface area contributed by atoms with Crippen molar-refractivity contribution in [2.45, 2.75) is 36.9 Å². The highest BCUT2D eigenvalue weighted by Gasteiger charge is 2.28. The lowest BCUT2D eigenvalue weighted by atomic mass is 10.1. The van der Waals surface area contributed by atoms with Crippen LogP contribution in [-0.4, -0.2) is 4.83 Å². The fourth-order valence-corrected chi connectivity index (χ4v) is 2.00. The third-order valence-corrected chi connectivity index (χ3v) is 3.23. The molecule has 10 heavy (non-hydrogen) atoms. The van der Waals surface area contributed by atoms with Gasteiger partial charge in [0.05, 0.1) is 0 Å². The Labute approximate surface area is 71.8 Å². The van der Waals surface area contributed by atoms with Gasteiger partial charge in [-0.1, -0.05) is 22.0 Å². The Balaban J connectivity index is 1.95. The predicted molar refractivity (Wildman–Crippen MR) is 49.5 cm³/mol. The van der Waals surface area contributed by atoms with Crippen LogP contribution < -0.4 is 0 Å². The van der Waals surface area contributed by atoms with Crippen LogP contribution in [0.25, 0.3) is 0 Å². The zero-order valence-corrected chi connectivity index (χ0v) is 7.94. The summed E-state index contributed by atoms with van der Waals surface area (Å²) in [7, 11) is 0. The number of alkyl halides is 1. The molecule has 1 rings (SSSR count). The van der Waals surface area contributed by atoms with E-state index in [-0.39, 0.29) is 0 Å². The van der Waals surface area contributed by atoms with Crippen molar-refractivity contribution in [3.8, 4) is 0 Å². The van der Waals surface area contributed by atoms with Crippen molar-refractivity contribution in [2.75, 3.05) is 0 Å². The highest BCUT2D eigenvalue weighted by Crippen LogP contribution is 2.38. The molecule has 58 valence electrons. The minimum absolute atomic E-state index is 0.799. The molecule has 0 aromatic heterocycles. The number of hydrogen-bond acceptors (Lipinski definition) is 0. The normalized spacial score (nSPS) is 20.5. The first-order valence-corrected chi connectivity index (χ1v) is 5.01. The molecule has 0 N–H and O–H groups in total. The molecule has 1 unspecified atom stereocenters. The van der Waals surface area contributed by atoms with Crippen LogP contribution in [0.4, 0.5) is 0 Å². The molecule has 0 aromatic rings. The maximum atomic E-state index is 3.70. The van der Waals surface area contributed by atoms with Crippen LogP contribution in [0.1, 0.15) is 32.1 Å². The largest absolute Gasteiger partial charge is 0.103 e. The first-order valence-electron chi connectivity index (χ1n) is 4.09. The van der Waals surface area contributed by atoms with E-state index in [1.165, 1.54) is 32.1 Å². The summed E-state index contributed by atoms with van der Waals surface area (Å²) in [5.41, 5.74) is 0. The molecule has 0 nitrogen and oxygen atoms in total. The summed E-state index contributed by atoms with van der Waals surface area (Å²) >= 11 is 3.70. The van der Waals surface area contributed by atoms with Crippen molar-refractivity contribution in [1.82, 2.24) is 0 Å². The molecule has 1 heteroatoms. The van der Waals surface area contributed by atoms with Crippen LogP contribution in [0.5, 0.6) is 0 Å². The van der Waals surface area contributed by atoms with Gasteiger partial charge in [0, 0.05) is 4.83 Å². The second kappa shape index (κ2) is 4.17. The van der Waals surface area contributed by atoms with Crippen molar-refractivity contribution >= 4 is 15.9 Å². The molecule has 1 saturated carbocycles. The molecular formula is C9H15Br. The Morgan fingerprint density at radius 2 is 2.30 bits per heavy atom. The van der Waals surface area contributed by atoms with Gasteiger partial charge in [-0.15, -0.1) is 6.58 Å². The molecule has 0 saturated heterocycles. The number of hydrogen-bond donors (Lipinski definition) is 0. The molecule has 1 fully saturated rings. The molecule has 0 heterocycles. The number of unbranched alkanes of at least 4 members (excludes halogenated alkanes) is 1. The van der Waals surface area contributed by atoms with E-state index < -0.39 is 0 Å². The highest BCUT2D eigenvalue weighted by atomic mass is 79.9. The Bertz CT molecular complexity index is 105. The number of rotatable bonds is 5. The van der Waals surface area contributed by atoms with Gasteiger partial charge in [0.25, 0.3) is 0 Å². The van der Waals surface area contributed by atoms with Gasteiger partial charge in [-0.25, -0.2) is 0 Å². The average molecular weight is 203 g/mol. The van der Waals surface area contributed by atoms with E-state index >= 15 is 0 Å². The smallest absolute Gasteiger partial charge is 0.0174 e. The van der Waals surface area contributed by atoms with Crippen molar-refractivity contribution < 1.29 is 0 Å². The number of allylic oxidation sites excluding steroid dienone is 1. The van der Waals surface area contributed by atoms with Gasteiger partial charge in [0.1, 0.15) is 0 Å². The van der Waals surface area contributed by atoms with E-state index in [4.69, 9.17) is 0 Å². The minimum atomic E-state index is 0.799. The van der Waals surface area contributed by atoms with E-state index in [1.807, 2.05) is 6.08 Å². The monoisotopic (exact) mass is 202 g/mol. The molecule has 1 aliphatic rings. The third-order valence-electron chi connectivity index (χ3n) is 2.02. The van der Waals surface area contributed by atoms with Crippen molar-refractivity contribution in [3.63, 3.8) is 0 Å². The molecule has 1 aliphatic carbocycles. The van der Waals surface area contributed by atoms with E-state index in [0.29, 0.717) is 0 Å². The lowest BCUT2D eigenvalue weighted by molar-refractivity contribution is 0.660. The van der Waals surface area contributed by atoms with Gasteiger partial charge < -0.3 is 0 Å². The topological polar surface area (TPSA) is 0 Å². The maximum Gasteiger partial charge on any atom is 0.0174 e. The van der Waals surface area contributed by atoms with Crippen LogP contribution in [-0.2, 0) is 0 Å². The third kappa shape index (κ3) is 2.87. The van der Waals surface area contributed by atoms with Crippen LogP contribution in [0.15, 0.2) is 12.7 Å². The molecular weight excluding hydrogens is 188 g/mol. The van der Waals surface area contributed by atoms with Gasteiger partial charge in [0.2, 0.25) is 0 Å².